The first-order valence-electron chi connectivity index (χ1n) is 6.52. The SMILES string of the molecule is CC(C)CCCC(CO)(CO)c1ccccc1Br. The van der Waals surface area contributed by atoms with E-state index in [2.05, 4.69) is 29.8 Å². The number of hydrogen-bond donors (Lipinski definition) is 2. The molecule has 0 aliphatic rings. The van der Waals surface area contributed by atoms with Gasteiger partial charge >= 0.3 is 0 Å². The smallest absolute Gasteiger partial charge is 0.0550 e. The van der Waals surface area contributed by atoms with E-state index in [4.69, 9.17) is 0 Å². The lowest BCUT2D eigenvalue weighted by Gasteiger charge is -2.31. The Kier molecular flexibility index (Phi) is 6.33. The van der Waals surface area contributed by atoms with Gasteiger partial charge in [0.1, 0.15) is 0 Å². The van der Waals surface area contributed by atoms with Gasteiger partial charge in [0, 0.05) is 9.89 Å². The molecule has 0 aliphatic carbocycles. The van der Waals surface area contributed by atoms with Gasteiger partial charge in [0.2, 0.25) is 0 Å². The van der Waals surface area contributed by atoms with E-state index in [1.807, 2.05) is 24.3 Å². The highest BCUT2D eigenvalue weighted by Crippen LogP contribution is 2.34. The first-order valence-corrected chi connectivity index (χ1v) is 7.32. The van der Waals surface area contributed by atoms with Crippen LogP contribution in [0.5, 0.6) is 0 Å². The van der Waals surface area contributed by atoms with Crippen molar-refractivity contribution in [2.75, 3.05) is 13.2 Å². The summed E-state index contributed by atoms with van der Waals surface area (Å²) in [5, 5.41) is 19.5. The highest BCUT2D eigenvalue weighted by molar-refractivity contribution is 9.10. The van der Waals surface area contributed by atoms with Gasteiger partial charge < -0.3 is 10.2 Å². The topological polar surface area (TPSA) is 40.5 Å². The number of hydrogen-bond acceptors (Lipinski definition) is 2. The second-order valence-corrected chi connectivity index (χ2v) is 6.22. The van der Waals surface area contributed by atoms with E-state index >= 15 is 0 Å². The molecule has 102 valence electrons. The summed E-state index contributed by atoms with van der Waals surface area (Å²) in [5.41, 5.74) is 0.466. The van der Waals surface area contributed by atoms with E-state index in [1.54, 1.807) is 0 Å². The molecule has 0 atom stereocenters. The highest BCUT2D eigenvalue weighted by atomic mass is 79.9. The van der Waals surface area contributed by atoms with E-state index in [0.29, 0.717) is 5.92 Å². The zero-order chi connectivity index (χ0) is 13.6. The minimum Gasteiger partial charge on any atom is -0.395 e. The predicted octanol–water partition coefficient (Wildman–Crippen LogP) is 3.50. The summed E-state index contributed by atoms with van der Waals surface area (Å²) in [6, 6.07) is 7.83. The van der Waals surface area contributed by atoms with Crippen molar-refractivity contribution in [1.29, 1.82) is 0 Å². The van der Waals surface area contributed by atoms with Crippen molar-refractivity contribution in [3.63, 3.8) is 0 Å². The molecular formula is C15H23BrO2. The first kappa shape index (κ1) is 15.7. The monoisotopic (exact) mass is 314 g/mol. The van der Waals surface area contributed by atoms with Crippen LogP contribution in [0.3, 0.4) is 0 Å². The third-order valence-electron chi connectivity index (χ3n) is 3.49. The van der Waals surface area contributed by atoms with Crippen molar-refractivity contribution in [3.05, 3.63) is 34.3 Å². The molecule has 1 aromatic rings. The Morgan fingerprint density at radius 3 is 2.28 bits per heavy atom. The van der Waals surface area contributed by atoms with Crippen LogP contribution in [-0.2, 0) is 5.41 Å². The molecule has 0 amide bonds. The number of rotatable bonds is 7. The van der Waals surface area contributed by atoms with Crippen molar-refractivity contribution in [1.82, 2.24) is 0 Å². The zero-order valence-corrected chi connectivity index (χ0v) is 12.8. The van der Waals surface area contributed by atoms with E-state index in [0.717, 1.165) is 29.3 Å². The van der Waals surface area contributed by atoms with Crippen molar-refractivity contribution in [2.45, 2.75) is 38.5 Å². The minimum absolute atomic E-state index is 0.0236. The third kappa shape index (κ3) is 3.81. The second kappa shape index (κ2) is 7.27. The minimum atomic E-state index is -0.533. The fourth-order valence-electron chi connectivity index (χ4n) is 2.25. The molecular weight excluding hydrogens is 292 g/mol. The summed E-state index contributed by atoms with van der Waals surface area (Å²) >= 11 is 3.51. The third-order valence-corrected chi connectivity index (χ3v) is 4.18. The van der Waals surface area contributed by atoms with Gasteiger partial charge in [-0.3, -0.25) is 0 Å². The lowest BCUT2D eigenvalue weighted by Crippen LogP contribution is -2.35. The van der Waals surface area contributed by atoms with Crippen LogP contribution < -0.4 is 0 Å². The lowest BCUT2D eigenvalue weighted by molar-refractivity contribution is 0.106. The summed E-state index contributed by atoms with van der Waals surface area (Å²) in [5.74, 6) is 0.652. The van der Waals surface area contributed by atoms with Gasteiger partial charge in [0.05, 0.1) is 13.2 Å². The van der Waals surface area contributed by atoms with Crippen LogP contribution in [-0.4, -0.2) is 23.4 Å². The van der Waals surface area contributed by atoms with Gasteiger partial charge in [-0.15, -0.1) is 0 Å². The molecule has 1 aromatic carbocycles. The van der Waals surface area contributed by atoms with Crippen LogP contribution in [0.15, 0.2) is 28.7 Å². The zero-order valence-electron chi connectivity index (χ0n) is 11.2. The molecule has 0 spiro atoms. The van der Waals surface area contributed by atoms with E-state index in [9.17, 15) is 10.2 Å². The van der Waals surface area contributed by atoms with Crippen LogP contribution in [0.1, 0.15) is 38.7 Å². The molecule has 0 aliphatic heterocycles. The summed E-state index contributed by atoms with van der Waals surface area (Å²) in [4.78, 5) is 0. The van der Waals surface area contributed by atoms with Gasteiger partial charge in [-0.05, 0) is 24.0 Å². The molecule has 0 bridgehead atoms. The van der Waals surface area contributed by atoms with Crippen LogP contribution >= 0.6 is 15.9 Å². The number of aliphatic hydroxyl groups excluding tert-OH is 2. The summed E-state index contributed by atoms with van der Waals surface area (Å²) in [7, 11) is 0. The quantitative estimate of drug-likeness (QED) is 0.808. The fourth-order valence-corrected chi connectivity index (χ4v) is 2.96. The van der Waals surface area contributed by atoms with Crippen LogP contribution in [0.4, 0.5) is 0 Å². The number of benzene rings is 1. The molecule has 2 N–H and O–H groups in total. The largest absolute Gasteiger partial charge is 0.395 e. The number of aliphatic hydroxyl groups is 2. The molecule has 0 fully saturated rings. The Morgan fingerprint density at radius 1 is 1.17 bits per heavy atom. The van der Waals surface area contributed by atoms with Crippen LogP contribution in [0.25, 0.3) is 0 Å². The van der Waals surface area contributed by atoms with Crippen molar-refractivity contribution in [3.8, 4) is 0 Å². The summed E-state index contributed by atoms with van der Waals surface area (Å²) in [6.45, 7) is 4.34. The fraction of sp³-hybridized carbons (Fsp3) is 0.600. The standard InChI is InChI=1S/C15H23BrO2/c1-12(2)6-5-9-15(10-17,11-18)13-7-3-4-8-14(13)16/h3-4,7-8,12,17-18H,5-6,9-11H2,1-2H3. The molecule has 0 unspecified atom stereocenters. The summed E-state index contributed by atoms with van der Waals surface area (Å²) < 4.78 is 0.956. The maximum Gasteiger partial charge on any atom is 0.0550 e. The van der Waals surface area contributed by atoms with Gasteiger partial charge in [-0.2, -0.15) is 0 Å². The normalized spacial score (nSPS) is 12.1. The Balaban J connectivity index is 2.89. The molecule has 0 radical (unpaired) electrons. The molecule has 1 rings (SSSR count). The van der Waals surface area contributed by atoms with Gasteiger partial charge in [-0.1, -0.05) is 60.8 Å². The molecule has 0 heterocycles. The van der Waals surface area contributed by atoms with Crippen LogP contribution in [0.2, 0.25) is 0 Å². The van der Waals surface area contributed by atoms with Crippen molar-refractivity contribution >= 4 is 15.9 Å². The highest BCUT2D eigenvalue weighted by Gasteiger charge is 2.32. The Bertz CT molecular complexity index is 359. The van der Waals surface area contributed by atoms with Crippen molar-refractivity contribution in [2.24, 2.45) is 5.92 Å². The average Bonchev–Trinajstić information content (AvgIpc) is 2.36. The maximum atomic E-state index is 9.74. The Morgan fingerprint density at radius 2 is 1.78 bits per heavy atom. The van der Waals surface area contributed by atoms with E-state index in [1.165, 1.54) is 0 Å². The van der Waals surface area contributed by atoms with Crippen molar-refractivity contribution < 1.29 is 10.2 Å². The Hall–Kier alpha value is -0.380. The Labute approximate surface area is 118 Å². The van der Waals surface area contributed by atoms with Gasteiger partial charge in [0.15, 0.2) is 0 Å². The maximum absolute atomic E-state index is 9.74. The van der Waals surface area contributed by atoms with Gasteiger partial charge in [-0.25, -0.2) is 0 Å². The van der Waals surface area contributed by atoms with Crippen LogP contribution in [0, 0.1) is 5.92 Å². The average molecular weight is 315 g/mol. The molecule has 3 heteroatoms. The lowest BCUT2D eigenvalue weighted by atomic mass is 9.77. The first-order chi connectivity index (χ1) is 8.55. The molecule has 0 aromatic heterocycles. The summed E-state index contributed by atoms with van der Waals surface area (Å²) in [6.07, 6.45) is 2.94. The molecule has 0 saturated carbocycles. The van der Waals surface area contributed by atoms with Gasteiger partial charge in [0.25, 0.3) is 0 Å². The van der Waals surface area contributed by atoms with E-state index < -0.39 is 5.41 Å². The second-order valence-electron chi connectivity index (χ2n) is 5.36. The van der Waals surface area contributed by atoms with E-state index in [-0.39, 0.29) is 13.2 Å². The molecule has 0 saturated heterocycles. The molecule has 2 nitrogen and oxygen atoms in total. The molecule has 18 heavy (non-hydrogen) atoms. The predicted molar refractivity (Wildman–Crippen MR) is 78.7 cm³/mol. The number of halogens is 1.